The fourth-order valence-electron chi connectivity index (χ4n) is 2.71. The van der Waals surface area contributed by atoms with Crippen LogP contribution in [0.5, 0.6) is 0 Å². The van der Waals surface area contributed by atoms with E-state index in [-0.39, 0.29) is 24.8 Å². The maximum Gasteiger partial charge on any atom is 0.351 e. The second kappa shape index (κ2) is 6.29. The summed E-state index contributed by atoms with van der Waals surface area (Å²) < 4.78 is 7.13. The quantitative estimate of drug-likeness (QED) is 0.882. The van der Waals surface area contributed by atoms with Crippen molar-refractivity contribution in [2.45, 2.75) is 31.6 Å². The lowest BCUT2D eigenvalue weighted by Crippen LogP contribution is -2.29. The highest BCUT2D eigenvalue weighted by molar-refractivity contribution is 5.40. The molecule has 2 aromatic rings. The van der Waals surface area contributed by atoms with Crippen molar-refractivity contribution in [1.29, 1.82) is 0 Å². The van der Waals surface area contributed by atoms with Gasteiger partial charge in [0.05, 0.1) is 12.7 Å². The predicted octanol–water partition coefficient (Wildman–Crippen LogP) is 1.09. The Labute approximate surface area is 128 Å². The van der Waals surface area contributed by atoms with Gasteiger partial charge in [0.15, 0.2) is 0 Å². The van der Waals surface area contributed by atoms with Crippen LogP contribution in [-0.4, -0.2) is 27.4 Å². The van der Waals surface area contributed by atoms with E-state index in [0.717, 1.165) is 17.5 Å². The van der Waals surface area contributed by atoms with Gasteiger partial charge in [0.1, 0.15) is 12.0 Å². The van der Waals surface area contributed by atoms with Gasteiger partial charge in [-0.3, -0.25) is 4.57 Å². The Morgan fingerprint density at radius 3 is 2.77 bits per heavy atom. The summed E-state index contributed by atoms with van der Waals surface area (Å²) in [5.74, 6) is 0.252. The Morgan fingerprint density at radius 2 is 2.09 bits per heavy atom. The Hall–Kier alpha value is -2.18. The van der Waals surface area contributed by atoms with Crippen LogP contribution in [0, 0.1) is 0 Å². The molecule has 1 aliphatic heterocycles. The zero-order valence-corrected chi connectivity index (χ0v) is 12.2. The van der Waals surface area contributed by atoms with Crippen LogP contribution in [0.1, 0.15) is 30.2 Å². The van der Waals surface area contributed by atoms with E-state index in [2.05, 4.69) is 4.98 Å². The molecule has 0 saturated carbocycles. The van der Waals surface area contributed by atoms with E-state index in [1.165, 1.54) is 4.57 Å². The number of ether oxygens (including phenoxy) is 1. The number of hydrogen-bond acceptors (Lipinski definition) is 5. The van der Waals surface area contributed by atoms with Gasteiger partial charge in [-0.05, 0) is 18.4 Å². The molecule has 0 spiro atoms. The number of benzene rings is 1. The summed E-state index contributed by atoms with van der Waals surface area (Å²) in [5, 5.41) is 9.15. The van der Waals surface area contributed by atoms with Crippen LogP contribution in [0.15, 0.2) is 41.3 Å². The zero-order valence-electron chi connectivity index (χ0n) is 12.2. The highest BCUT2D eigenvalue weighted by atomic mass is 16.5. The number of nitrogens with two attached hydrogens (primary N) is 1. The number of aliphatic hydroxyl groups is 1. The predicted molar refractivity (Wildman–Crippen MR) is 82.4 cm³/mol. The molecule has 0 amide bonds. The normalized spacial score (nSPS) is 21.1. The van der Waals surface area contributed by atoms with Crippen LogP contribution in [0.25, 0.3) is 0 Å². The summed E-state index contributed by atoms with van der Waals surface area (Å²) in [6.45, 7) is -0.0372. The van der Waals surface area contributed by atoms with Crippen LogP contribution in [0.4, 0.5) is 5.82 Å². The maximum atomic E-state index is 12.1. The summed E-state index contributed by atoms with van der Waals surface area (Å²) in [6.07, 6.45) is 3.14. The van der Waals surface area contributed by atoms with Crippen molar-refractivity contribution in [2.75, 3.05) is 12.3 Å². The van der Waals surface area contributed by atoms with E-state index >= 15 is 0 Å². The van der Waals surface area contributed by atoms with Gasteiger partial charge in [0.2, 0.25) is 0 Å². The Kier molecular flexibility index (Phi) is 4.22. The molecule has 6 nitrogen and oxygen atoms in total. The van der Waals surface area contributed by atoms with Crippen LogP contribution >= 0.6 is 0 Å². The van der Waals surface area contributed by atoms with Crippen molar-refractivity contribution in [1.82, 2.24) is 9.55 Å². The third-order valence-electron chi connectivity index (χ3n) is 3.90. The topological polar surface area (TPSA) is 90.4 Å². The number of hydrogen-bond donors (Lipinski definition) is 2. The first-order valence-corrected chi connectivity index (χ1v) is 7.35. The highest BCUT2D eigenvalue weighted by Crippen LogP contribution is 2.27. The minimum Gasteiger partial charge on any atom is -0.394 e. The van der Waals surface area contributed by atoms with Gasteiger partial charge in [-0.15, -0.1) is 0 Å². The first-order valence-electron chi connectivity index (χ1n) is 7.35. The van der Waals surface area contributed by atoms with Gasteiger partial charge in [0.25, 0.3) is 0 Å². The first kappa shape index (κ1) is 14.7. The van der Waals surface area contributed by atoms with E-state index in [4.69, 9.17) is 15.6 Å². The molecule has 0 radical (unpaired) electrons. The smallest absolute Gasteiger partial charge is 0.351 e. The standard InChI is InChI=1S/C16H19N3O3/c17-15-12(8-11-4-2-1-3-5-11)9-19(16(21)18-15)14-7-6-13(10-20)22-14/h1-5,9,13-14,20H,6-8,10H2,(H2,17,18,21)/t13-,14+/m0/s1. The molecule has 2 heterocycles. The van der Waals surface area contributed by atoms with Gasteiger partial charge < -0.3 is 15.6 Å². The van der Waals surface area contributed by atoms with Crippen molar-refractivity contribution in [3.63, 3.8) is 0 Å². The Bertz CT molecular complexity index is 700. The summed E-state index contributed by atoms with van der Waals surface area (Å²) in [7, 11) is 0. The summed E-state index contributed by atoms with van der Waals surface area (Å²) in [5.41, 5.74) is 7.36. The summed E-state index contributed by atoms with van der Waals surface area (Å²) in [6, 6.07) is 9.88. The Balaban J connectivity index is 1.89. The van der Waals surface area contributed by atoms with Crippen molar-refractivity contribution >= 4 is 5.82 Å². The molecule has 2 atom stereocenters. The monoisotopic (exact) mass is 301 g/mol. The van der Waals surface area contributed by atoms with Crippen LogP contribution < -0.4 is 11.4 Å². The summed E-state index contributed by atoms with van der Waals surface area (Å²) >= 11 is 0. The third-order valence-corrected chi connectivity index (χ3v) is 3.90. The molecule has 116 valence electrons. The molecule has 0 unspecified atom stereocenters. The zero-order chi connectivity index (χ0) is 15.5. The number of aromatic nitrogens is 2. The van der Waals surface area contributed by atoms with E-state index < -0.39 is 5.69 Å². The minimum absolute atomic E-state index is 0.0372. The molecule has 3 rings (SSSR count). The molecule has 3 N–H and O–H groups in total. The van der Waals surface area contributed by atoms with E-state index in [0.29, 0.717) is 12.8 Å². The molecule has 1 aromatic carbocycles. The van der Waals surface area contributed by atoms with E-state index in [1.807, 2.05) is 30.3 Å². The van der Waals surface area contributed by atoms with Crippen molar-refractivity contribution in [3.8, 4) is 0 Å². The maximum absolute atomic E-state index is 12.1. The van der Waals surface area contributed by atoms with Crippen molar-refractivity contribution in [3.05, 3.63) is 58.1 Å². The molecule has 22 heavy (non-hydrogen) atoms. The molecule has 0 aliphatic carbocycles. The lowest BCUT2D eigenvalue weighted by Gasteiger charge is -2.16. The number of nitrogens with zero attached hydrogens (tertiary/aromatic N) is 2. The molecular weight excluding hydrogens is 282 g/mol. The van der Waals surface area contributed by atoms with Gasteiger partial charge in [-0.2, -0.15) is 4.98 Å². The van der Waals surface area contributed by atoms with Crippen molar-refractivity contribution in [2.24, 2.45) is 0 Å². The fraction of sp³-hybridized carbons (Fsp3) is 0.375. The molecule has 0 bridgehead atoms. The lowest BCUT2D eigenvalue weighted by atomic mass is 10.1. The van der Waals surface area contributed by atoms with Crippen LogP contribution in [0.3, 0.4) is 0 Å². The number of nitrogen functional groups attached to an aromatic ring is 1. The van der Waals surface area contributed by atoms with E-state index in [1.54, 1.807) is 6.20 Å². The molecule has 1 fully saturated rings. The van der Waals surface area contributed by atoms with Crippen LogP contribution in [0.2, 0.25) is 0 Å². The molecule has 1 aliphatic rings. The first-order chi connectivity index (χ1) is 10.7. The number of anilines is 1. The molecule has 1 aromatic heterocycles. The van der Waals surface area contributed by atoms with Gasteiger partial charge in [-0.1, -0.05) is 30.3 Å². The van der Waals surface area contributed by atoms with Gasteiger partial charge in [-0.25, -0.2) is 4.79 Å². The molecule has 6 heteroatoms. The van der Waals surface area contributed by atoms with Crippen LogP contribution in [-0.2, 0) is 11.2 Å². The average molecular weight is 301 g/mol. The fourth-order valence-corrected chi connectivity index (χ4v) is 2.71. The second-order valence-corrected chi connectivity index (χ2v) is 5.48. The SMILES string of the molecule is Nc1nc(=O)n([C@H]2CC[C@@H](CO)O2)cc1Cc1ccccc1. The Morgan fingerprint density at radius 1 is 1.32 bits per heavy atom. The second-order valence-electron chi connectivity index (χ2n) is 5.48. The summed E-state index contributed by atoms with van der Waals surface area (Å²) in [4.78, 5) is 16.0. The lowest BCUT2D eigenvalue weighted by molar-refractivity contribution is -0.0246. The number of rotatable bonds is 4. The van der Waals surface area contributed by atoms with Gasteiger partial charge in [0, 0.05) is 18.2 Å². The largest absolute Gasteiger partial charge is 0.394 e. The number of aliphatic hydroxyl groups excluding tert-OH is 1. The highest BCUT2D eigenvalue weighted by Gasteiger charge is 2.27. The molecular formula is C16H19N3O3. The van der Waals surface area contributed by atoms with Crippen molar-refractivity contribution < 1.29 is 9.84 Å². The average Bonchev–Trinajstić information content (AvgIpc) is 3.00. The van der Waals surface area contributed by atoms with Gasteiger partial charge >= 0.3 is 5.69 Å². The van der Waals surface area contributed by atoms with E-state index in [9.17, 15) is 4.79 Å². The third kappa shape index (κ3) is 3.03. The minimum atomic E-state index is -0.419. The molecule has 1 saturated heterocycles.